The van der Waals surface area contributed by atoms with Crippen LogP contribution in [-0.4, -0.2) is 44.4 Å². The Bertz CT molecular complexity index is 1320. The first-order chi connectivity index (χ1) is 16.6. The van der Waals surface area contributed by atoms with E-state index in [1.165, 1.54) is 0 Å². The van der Waals surface area contributed by atoms with E-state index < -0.39 is 0 Å². The first kappa shape index (κ1) is 20.9. The zero-order valence-electron chi connectivity index (χ0n) is 18.7. The van der Waals surface area contributed by atoms with Gasteiger partial charge in [-0.3, -0.25) is 5.10 Å². The Morgan fingerprint density at radius 2 is 2.12 bits per heavy atom. The molecule has 2 unspecified atom stereocenters. The first-order valence-electron chi connectivity index (χ1n) is 11.4. The summed E-state index contributed by atoms with van der Waals surface area (Å²) < 4.78 is 6.45. The number of carbonyl (C=O) groups excluding carboxylic acids is 1. The standard InChI is InChI=1S/C24H25N7O2S/c1-14-11-20(30-29-14)27-22-21-17(9-10-34-21)25-23(28-22)31-16-7-8-19(31)18(12-16)26-24(32)33-13-15-5-3-2-4-6-15/h2-6,9-11,16,18-19H,7-8,12-13H2,1H3,(H,26,32)(H2,25,27,28,29,30)/t16?,18-,19?/m0/s1. The van der Waals surface area contributed by atoms with Crippen molar-refractivity contribution in [1.82, 2.24) is 25.5 Å². The highest BCUT2D eigenvalue weighted by atomic mass is 32.1. The average Bonchev–Trinajstić information content (AvgIpc) is 3.62. The number of H-pyrrole nitrogens is 1. The van der Waals surface area contributed by atoms with Crippen molar-refractivity contribution in [3.8, 4) is 0 Å². The molecule has 9 nitrogen and oxygen atoms in total. The number of fused-ring (bicyclic) bond motifs is 3. The van der Waals surface area contributed by atoms with Crippen molar-refractivity contribution in [2.75, 3.05) is 10.2 Å². The van der Waals surface area contributed by atoms with E-state index in [-0.39, 0.29) is 24.8 Å². The smallest absolute Gasteiger partial charge is 0.407 e. The molecule has 1 aromatic carbocycles. The maximum absolute atomic E-state index is 12.5. The number of aromatic nitrogens is 4. The van der Waals surface area contributed by atoms with Crippen LogP contribution in [0.5, 0.6) is 0 Å². The monoisotopic (exact) mass is 475 g/mol. The van der Waals surface area contributed by atoms with Gasteiger partial charge >= 0.3 is 6.09 Å². The van der Waals surface area contributed by atoms with Gasteiger partial charge in [0, 0.05) is 17.8 Å². The SMILES string of the molecule is Cc1cc(Nc2nc(N3C4CCC3[C@@H](NC(=O)OCc3ccccc3)C4)nc3ccsc23)n[nH]1. The zero-order valence-corrected chi connectivity index (χ0v) is 19.5. The van der Waals surface area contributed by atoms with Gasteiger partial charge in [-0.2, -0.15) is 10.1 Å². The lowest BCUT2D eigenvalue weighted by atomic mass is 9.96. The van der Waals surface area contributed by atoms with E-state index in [0.717, 1.165) is 52.4 Å². The number of benzene rings is 1. The number of ether oxygens (including phenoxy) is 1. The zero-order chi connectivity index (χ0) is 23.1. The number of aromatic amines is 1. The highest BCUT2D eigenvalue weighted by Crippen LogP contribution is 2.41. The molecule has 0 spiro atoms. The summed E-state index contributed by atoms with van der Waals surface area (Å²) in [6, 6.07) is 14.1. The number of rotatable bonds is 6. The number of hydrogen-bond acceptors (Lipinski definition) is 8. The van der Waals surface area contributed by atoms with Gasteiger partial charge in [0.1, 0.15) is 6.61 Å². The quantitative estimate of drug-likeness (QED) is 0.377. The van der Waals surface area contributed by atoms with Crippen LogP contribution in [0.25, 0.3) is 10.2 Å². The van der Waals surface area contributed by atoms with Gasteiger partial charge in [-0.25, -0.2) is 9.78 Å². The Labute approximate surface area is 200 Å². The number of anilines is 3. The van der Waals surface area contributed by atoms with Gasteiger partial charge in [-0.15, -0.1) is 11.3 Å². The molecule has 1 amide bonds. The summed E-state index contributed by atoms with van der Waals surface area (Å²) in [7, 11) is 0. The Kier molecular flexibility index (Phi) is 5.29. The highest BCUT2D eigenvalue weighted by molar-refractivity contribution is 7.17. The lowest BCUT2D eigenvalue weighted by molar-refractivity contribution is 0.134. The molecule has 3 aromatic heterocycles. The number of nitrogens with zero attached hydrogens (tertiary/aromatic N) is 4. The Balaban J connectivity index is 1.19. The Hall–Kier alpha value is -3.66. The fraction of sp³-hybridized carbons (Fsp3) is 0.333. The highest BCUT2D eigenvalue weighted by Gasteiger charge is 2.48. The number of alkyl carbamates (subject to hydrolysis) is 1. The molecule has 3 atom stereocenters. The number of hydrogen-bond donors (Lipinski definition) is 3. The second-order valence-electron chi connectivity index (χ2n) is 8.82. The van der Waals surface area contributed by atoms with Crippen LogP contribution in [0.4, 0.5) is 22.4 Å². The fourth-order valence-electron chi connectivity index (χ4n) is 5.03. The molecule has 2 aliphatic rings. The Morgan fingerprint density at radius 1 is 1.24 bits per heavy atom. The van der Waals surface area contributed by atoms with E-state index in [9.17, 15) is 4.79 Å². The van der Waals surface area contributed by atoms with Crippen molar-refractivity contribution in [3.05, 3.63) is 59.1 Å². The van der Waals surface area contributed by atoms with Crippen molar-refractivity contribution in [1.29, 1.82) is 0 Å². The van der Waals surface area contributed by atoms with Gasteiger partial charge in [-0.1, -0.05) is 30.3 Å². The van der Waals surface area contributed by atoms with Gasteiger partial charge in [0.05, 0.1) is 22.3 Å². The van der Waals surface area contributed by atoms with Gasteiger partial charge in [-0.05, 0) is 43.2 Å². The summed E-state index contributed by atoms with van der Waals surface area (Å²) in [6.45, 7) is 2.22. The second-order valence-corrected chi connectivity index (χ2v) is 9.74. The van der Waals surface area contributed by atoms with Gasteiger partial charge in [0.15, 0.2) is 11.6 Å². The molecule has 2 aliphatic heterocycles. The lowest BCUT2D eigenvalue weighted by Gasteiger charge is -2.25. The van der Waals surface area contributed by atoms with E-state index >= 15 is 0 Å². The molecule has 6 rings (SSSR count). The molecule has 3 N–H and O–H groups in total. The largest absolute Gasteiger partial charge is 0.445 e. The number of amides is 1. The average molecular weight is 476 g/mol. The van der Waals surface area contributed by atoms with E-state index in [2.05, 4.69) is 25.7 Å². The number of carbonyl (C=O) groups is 1. The summed E-state index contributed by atoms with van der Waals surface area (Å²) in [6.07, 6.45) is 2.53. The third-order valence-corrected chi connectivity index (χ3v) is 7.44. The minimum Gasteiger partial charge on any atom is -0.445 e. The third kappa shape index (κ3) is 3.94. The molecule has 34 heavy (non-hydrogen) atoms. The molecule has 10 heteroatoms. The molecule has 0 radical (unpaired) electrons. The minimum absolute atomic E-state index is 0.00851. The van der Waals surface area contributed by atoms with Gasteiger partial charge < -0.3 is 20.3 Å². The molecule has 2 bridgehead atoms. The summed E-state index contributed by atoms with van der Waals surface area (Å²) in [5.74, 6) is 2.16. The first-order valence-corrected chi connectivity index (χ1v) is 12.3. The van der Waals surface area contributed by atoms with Crippen molar-refractivity contribution < 1.29 is 9.53 Å². The van der Waals surface area contributed by atoms with Crippen molar-refractivity contribution in [2.45, 2.75) is 50.9 Å². The predicted octanol–water partition coefficient (Wildman–Crippen LogP) is 4.50. The summed E-state index contributed by atoms with van der Waals surface area (Å²) >= 11 is 1.60. The lowest BCUT2D eigenvalue weighted by Crippen LogP contribution is -2.44. The van der Waals surface area contributed by atoms with Gasteiger partial charge in [0.2, 0.25) is 5.95 Å². The van der Waals surface area contributed by atoms with E-state index in [1.807, 2.05) is 54.8 Å². The predicted molar refractivity (Wildman–Crippen MR) is 131 cm³/mol. The molecule has 4 aromatic rings. The molecular weight excluding hydrogens is 450 g/mol. The maximum Gasteiger partial charge on any atom is 0.407 e. The van der Waals surface area contributed by atoms with Crippen LogP contribution in [0.15, 0.2) is 47.8 Å². The summed E-state index contributed by atoms with van der Waals surface area (Å²) in [5.41, 5.74) is 2.85. The van der Waals surface area contributed by atoms with E-state index in [0.29, 0.717) is 12.0 Å². The topological polar surface area (TPSA) is 108 Å². The number of nitrogens with one attached hydrogen (secondary N) is 3. The molecule has 174 valence electrons. The van der Waals surface area contributed by atoms with Crippen LogP contribution in [0.1, 0.15) is 30.5 Å². The third-order valence-electron chi connectivity index (χ3n) is 6.53. The van der Waals surface area contributed by atoms with Crippen LogP contribution in [0.3, 0.4) is 0 Å². The molecule has 2 saturated heterocycles. The minimum atomic E-state index is -0.383. The number of aryl methyl sites for hydroxylation is 1. The van der Waals surface area contributed by atoms with Crippen LogP contribution in [0, 0.1) is 6.92 Å². The second kappa shape index (κ2) is 8.60. The number of thiophene rings is 1. The molecule has 0 saturated carbocycles. The molecule has 5 heterocycles. The van der Waals surface area contributed by atoms with E-state index in [1.54, 1.807) is 11.3 Å². The normalized spacial score (nSPS) is 21.2. The van der Waals surface area contributed by atoms with E-state index in [4.69, 9.17) is 14.7 Å². The maximum atomic E-state index is 12.5. The Morgan fingerprint density at radius 3 is 2.94 bits per heavy atom. The van der Waals surface area contributed by atoms with Gasteiger partial charge in [0.25, 0.3) is 0 Å². The van der Waals surface area contributed by atoms with Crippen molar-refractivity contribution in [2.24, 2.45) is 0 Å². The molecular formula is C24H25N7O2S. The van der Waals surface area contributed by atoms with Crippen LogP contribution in [-0.2, 0) is 11.3 Å². The van der Waals surface area contributed by atoms with Crippen molar-refractivity contribution >= 4 is 45.2 Å². The summed E-state index contributed by atoms with van der Waals surface area (Å²) in [4.78, 5) is 24.5. The van der Waals surface area contributed by atoms with Crippen LogP contribution in [0.2, 0.25) is 0 Å². The molecule has 0 aliphatic carbocycles. The molecule has 2 fully saturated rings. The van der Waals surface area contributed by atoms with Crippen molar-refractivity contribution in [3.63, 3.8) is 0 Å². The van der Waals surface area contributed by atoms with Crippen LogP contribution >= 0.6 is 11.3 Å². The van der Waals surface area contributed by atoms with Crippen LogP contribution < -0.4 is 15.5 Å². The summed E-state index contributed by atoms with van der Waals surface area (Å²) in [5, 5.41) is 15.7. The fourth-order valence-corrected chi connectivity index (χ4v) is 5.80.